The number of nitrogens with zero attached hydrogens (tertiary/aromatic N) is 1. The third kappa shape index (κ3) is 7.31. The van der Waals surface area contributed by atoms with Crippen LogP contribution in [-0.2, 0) is 22.6 Å². The second-order valence-electron chi connectivity index (χ2n) is 8.58. The molecule has 0 aliphatic rings. The molecule has 3 rings (SSSR count). The number of amides is 2. The van der Waals surface area contributed by atoms with Gasteiger partial charge >= 0.3 is 0 Å². The summed E-state index contributed by atoms with van der Waals surface area (Å²) in [5.41, 5.74) is 1.20. The second-order valence-corrected chi connectivity index (χ2v) is 8.58. The van der Waals surface area contributed by atoms with Crippen molar-refractivity contribution in [1.82, 2.24) is 10.2 Å². The second kappa shape index (κ2) is 13.3. The molecule has 6 nitrogen and oxygen atoms in total. The minimum atomic E-state index is -0.866. The van der Waals surface area contributed by atoms with Gasteiger partial charge in [0.2, 0.25) is 5.91 Å². The molecule has 0 radical (unpaired) electrons. The third-order valence-electron chi connectivity index (χ3n) is 5.99. The van der Waals surface area contributed by atoms with Gasteiger partial charge in [0.15, 0.2) is 18.1 Å². The summed E-state index contributed by atoms with van der Waals surface area (Å²) in [4.78, 5) is 28.4. The number of methoxy groups -OCH3 is 1. The molecule has 0 fully saturated rings. The first-order chi connectivity index (χ1) is 17.4. The number of rotatable bonds is 12. The topological polar surface area (TPSA) is 67.9 Å². The Labute approximate surface area is 212 Å². The standard InChI is InChI=1S/C29H33FN2O4/c1-4-21(2)31-29(34)25(18-22-12-6-5-7-13-22)32(19-23-14-8-9-15-24(23)30)28(33)20-36-27-17-11-10-16-26(27)35-3/h5-17,21,25H,4,18-20H2,1-3H3,(H,31,34). The summed E-state index contributed by atoms with van der Waals surface area (Å²) < 4.78 is 25.7. The van der Waals surface area contributed by atoms with Crippen LogP contribution in [0.1, 0.15) is 31.4 Å². The molecule has 190 valence electrons. The molecule has 0 aromatic heterocycles. The predicted molar refractivity (Wildman–Crippen MR) is 137 cm³/mol. The first-order valence-electron chi connectivity index (χ1n) is 12.1. The number of hydrogen-bond donors (Lipinski definition) is 1. The van der Waals surface area contributed by atoms with Gasteiger partial charge in [0.05, 0.1) is 7.11 Å². The summed E-state index contributed by atoms with van der Waals surface area (Å²) in [6, 6.07) is 21.8. The lowest BCUT2D eigenvalue weighted by molar-refractivity contribution is -0.143. The van der Waals surface area contributed by atoms with E-state index in [1.807, 2.05) is 44.2 Å². The Morgan fingerprint density at radius 3 is 2.25 bits per heavy atom. The van der Waals surface area contributed by atoms with Crippen molar-refractivity contribution in [1.29, 1.82) is 0 Å². The molecule has 0 aliphatic carbocycles. The lowest BCUT2D eigenvalue weighted by atomic mass is 10.0. The van der Waals surface area contributed by atoms with Gasteiger partial charge in [-0.15, -0.1) is 0 Å². The molecule has 0 bridgehead atoms. The highest BCUT2D eigenvalue weighted by Crippen LogP contribution is 2.26. The molecular weight excluding hydrogens is 459 g/mol. The molecule has 0 saturated heterocycles. The lowest BCUT2D eigenvalue weighted by Crippen LogP contribution is -2.53. The molecule has 36 heavy (non-hydrogen) atoms. The quantitative estimate of drug-likeness (QED) is 0.396. The van der Waals surface area contributed by atoms with E-state index in [1.54, 1.807) is 42.5 Å². The number of nitrogens with one attached hydrogen (secondary N) is 1. The number of para-hydroxylation sites is 2. The van der Waals surface area contributed by atoms with Gasteiger partial charge in [-0.2, -0.15) is 0 Å². The highest BCUT2D eigenvalue weighted by Gasteiger charge is 2.32. The molecular formula is C29H33FN2O4. The Kier molecular flexibility index (Phi) is 9.86. The fourth-order valence-electron chi connectivity index (χ4n) is 3.77. The van der Waals surface area contributed by atoms with Crippen LogP contribution in [0.4, 0.5) is 4.39 Å². The fraction of sp³-hybridized carbons (Fsp3) is 0.310. The molecule has 3 aromatic carbocycles. The van der Waals surface area contributed by atoms with Crippen LogP contribution in [0.2, 0.25) is 0 Å². The Balaban J connectivity index is 1.94. The van der Waals surface area contributed by atoms with E-state index in [0.29, 0.717) is 17.1 Å². The number of carbonyl (C=O) groups excluding carboxylic acids is 2. The van der Waals surface area contributed by atoms with Crippen LogP contribution in [0.5, 0.6) is 11.5 Å². The Bertz CT molecular complexity index is 1140. The minimum absolute atomic E-state index is 0.0772. The van der Waals surface area contributed by atoms with E-state index in [1.165, 1.54) is 18.1 Å². The fourth-order valence-corrected chi connectivity index (χ4v) is 3.77. The van der Waals surface area contributed by atoms with Crippen LogP contribution in [-0.4, -0.2) is 42.5 Å². The maximum atomic E-state index is 14.6. The minimum Gasteiger partial charge on any atom is -0.493 e. The summed E-state index contributed by atoms with van der Waals surface area (Å²) in [5.74, 6) is -0.287. The largest absolute Gasteiger partial charge is 0.493 e. The summed E-state index contributed by atoms with van der Waals surface area (Å²) in [6.45, 7) is 3.47. The first kappa shape index (κ1) is 26.7. The monoisotopic (exact) mass is 492 g/mol. The Morgan fingerprint density at radius 2 is 1.58 bits per heavy atom. The molecule has 1 N–H and O–H groups in total. The molecule has 3 aromatic rings. The molecule has 0 spiro atoms. The van der Waals surface area contributed by atoms with Crippen molar-refractivity contribution in [3.05, 3.63) is 95.8 Å². The molecule has 0 aliphatic heterocycles. The highest BCUT2D eigenvalue weighted by molar-refractivity contribution is 5.88. The van der Waals surface area contributed by atoms with E-state index in [9.17, 15) is 14.0 Å². The van der Waals surface area contributed by atoms with E-state index in [2.05, 4.69) is 5.32 Å². The Morgan fingerprint density at radius 1 is 0.944 bits per heavy atom. The van der Waals surface area contributed by atoms with Gasteiger partial charge in [-0.1, -0.05) is 67.6 Å². The predicted octanol–water partition coefficient (Wildman–Crippen LogP) is 4.77. The molecule has 2 amide bonds. The first-order valence-corrected chi connectivity index (χ1v) is 12.1. The maximum absolute atomic E-state index is 14.6. The summed E-state index contributed by atoms with van der Waals surface area (Å²) in [5, 5.41) is 2.99. The SMILES string of the molecule is CCC(C)NC(=O)C(Cc1ccccc1)N(Cc1ccccc1F)C(=O)COc1ccccc1OC. The summed E-state index contributed by atoms with van der Waals surface area (Å²) in [6.07, 6.45) is 1.01. The number of hydrogen-bond acceptors (Lipinski definition) is 4. The van der Waals surface area contributed by atoms with Crippen molar-refractivity contribution in [3.63, 3.8) is 0 Å². The van der Waals surface area contributed by atoms with Gasteiger partial charge in [-0.3, -0.25) is 9.59 Å². The van der Waals surface area contributed by atoms with Crippen LogP contribution in [0, 0.1) is 5.82 Å². The van der Waals surface area contributed by atoms with E-state index in [4.69, 9.17) is 9.47 Å². The smallest absolute Gasteiger partial charge is 0.261 e. The van der Waals surface area contributed by atoms with Crippen LogP contribution in [0.3, 0.4) is 0 Å². The van der Waals surface area contributed by atoms with Gasteiger partial charge in [0, 0.05) is 24.6 Å². The van der Waals surface area contributed by atoms with E-state index in [-0.39, 0.29) is 31.5 Å². The van der Waals surface area contributed by atoms with Gasteiger partial charge in [0.25, 0.3) is 5.91 Å². The number of halogens is 1. The normalized spacial score (nSPS) is 12.3. The third-order valence-corrected chi connectivity index (χ3v) is 5.99. The number of carbonyl (C=O) groups is 2. The van der Waals surface area contributed by atoms with Gasteiger partial charge in [0.1, 0.15) is 11.9 Å². The summed E-state index contributed by atoms with van der Waals surface area (Å²) in [7, 11) is 1.52. The zero-order chi connectivity index (χ0) is 25.9. The molecule has 2 unspecified atom stereocenters. The zero-order valence-electron chi connectivity index (χ0n) is 20.9. The van der Waals surface area contributed by atoms with Crippen molar-refractivity contribution in [3.8, 4) is 11.5 Å². The van der Waals surface area contributed by atoms with Crippen molar-refractivity contribution in [2.75, 3.05) is 13.7 Å². The zero-order valence-corrected chi connectivity index (χ0v) is 20.9. The molecule has 0 saturated carbocycles. The average Bonchev–Trinajstić information content (AvgIpc) is 2.90. The van der Waals surface area contributed by atoms with Crippen LogP contribution < -0.4 is 14.8 Å². The highest BCUT2D eigenvalue weighted by atomic mass is 19.1. The molecule has 7 heteroatoms. The van der Waals surface area contributed by atoms with Crippen LogP contribution in [0.25, 0.3) is 0 Å². The maximum Gasteiger partial charge on any atom is 0.261 e. The van der Waals surface area contributed by atoms with E-state index >= 15 is 0 Å². The Hall–Kier alpha value is -3.87. The molecule has 2 atom stereocenters. The van der Waals surface area contributed by atoms with E-state index < -0.39 is 17.8 Å². The van der Waals surface area contributed by atoms with Crippen molar-refractivity contribution in [2.45, 2.75) is 45.3 Å². The average molecular weight is 493 g/mol. The van der Waals surface area contributed by atoms with Gasteiger partial charge in [-0.25, -0.2) is 4.39 Å². The van der Waals surface area contributed by atoms with Crippen LogP contribution >= 0.6 is 0 Å². The number of benzene rings is 3. The van der Waals surface area contributed by atoms with E-state index in [0.717, 1.165) is 12.0 Å². The van der Waals surface area contributed by atoms with Crippen molar-refractivity contribution < 1.29 is 23.5 Å². The summed E-state index contributed by atoms with van der Waals surface area (Å²) >= 11 is 0. The van der Waals surface area contributed by atoms with Crippen molar-refractivity contribution in [2.24, 2.45) is 0 Å². The van der Waals surface area contributed by atoms with Gasteiger partial charge in [-0.05, 0) is 37.1 Å². The van der Waals surface area contributed by atoms with Gasteiger partial charge < -0.3 is 19.7 Å². The van der Waals surface area contributed by atoms with Crippen LogP contribution in [0.15, 0.2) is 78.9 Å². The van der Waals surface area contributed by atoms with Crippen molar-refractivity contribution >= 4 is 11.8 Å². The molecule has 0 heterocycles. The lowest BCUT2D eigenvalue weighted by Gasteiger charge is -2.32. The number of ether oxygens (including phenoxy) is 2.